The SMILES string of the molecule is CSC1O[C@H]([C@H](NC(=O)[C@@H]2CC[C@H](CCC(=O)NCc3ccccc3)CCN2)[C@H](C)Cl)C(O)C(O)[C@H]1O. The number of thioether (sulfide) groups is 1. The summed E-state index contributed by atoms with van der Waals surface area (Å²) in [5.74, 6) is 0.102. The second-order valence-corrected chi connectivity index (χ2v) is 11.6. The van der Waals surface area contributed by atoms with Gasteiger partial charge < -0.3 is 36.0 Å². The number of nitrogens with one attached hydrogen (secondary N) is 3. The number of rotatable bonds is 10. The summed E-state index contributed by atoms with van der Waals surface area (Å²) in [6.45, 7) is 2.85. The number of aliphatic hydroxyl groups is 3. The topological polar surface area (TPSA) is 140 Å². The number of halogens is 1. The van der Waals surface area contributed by atoms with Crippen molar-refractivity contribution in [2.45, 2.75) is 92.9 Å². The molecule has 2 saturated heterocycles. The minimum atomic E-state index is -1.41. The average molecular weight is 558 g/mol. The van der Waals surface area contributed by atoms with Gasteiger partial charge in [0.2, 0.25) is 11.8 Å². The third-order valence-corrected chi connectivity index (χ3v) is 8.36. The zero-order chi connectivity index (χ0) is 26.9. The van der Waals surface area contributed by atoms with Gasteiger partial charge in [-0.1, -0.05) is 30.3 Å². The number of carbonyl (C=O) groups is 2. The highest BCUT2D eigenvalue weighted by atomic mass is 35.5. The number of amides is 2. The predicted octanol–water partition coefficient (Wildman–Crippen LogP) is 1.12. The average Bonchev–Trinajstić information content (AvgIpc) is 3.15. The fourth-order valence-corrected chi connectivity index (χ4v) is 5.82. The number of benzene rings is 1. The van der Waals surface area contributed by atoms with Crippen molar-refractivity contribution < 1.29 is 29.6 Å². The standard InChI is InChI=1S/C26H40ClN3O6S/c1-15(27)20(24-22(33)21(32)23(34)26(36-24)37-2)30-25(35)18-10-8-16(12-13-28-18)9-11-19(31)29-14-17-6-4-3-5-7-17/h3-7,15-16,18,20-24,26,28,32-34H,8-14H2,1-2H3,(H,29,31)(H,30,35)/t15-,16+,18-,20+,21?,22?,23+,24+,26?/m0/s1. The molecule has 0 aromatic heterocycles. The molecular formula is C26H40ClN3O6S. The summed E-state index contributed by atoms with van der Waals surface area (Å²) in [6.07, 6.45) is 0.189. The normalized spacial score (nSPS) is 32.1. The van der Waals surface area contributed by atoms with Crippen molar-refractivity contribution in [2.75, 3.05) is 12.8 Å². The fourth-order valence-electron chi connectivity index (χ4n) is 4.93. The molecule has 37 heavy (non-hydrogen) atoms. The van der Waals surface area contributed by atoms with Gasteiger partial charge in [0.15, 0.2) is 0 Å². The molecule has 0 spiro atoms. The Morgan fingerprint density at radius 2 is 1.86 bits per heavy atom. The Morgan fingerprint density at radius 3 is 2.54 bits per heavy atom. The Morgan fingerprint density at radius 1 is 1.14 bits per heavy atom. The zero-order valence-electron chi connectivity index (χ0n) is 21.4. The van der Waals surface area contributed by atoms with E-state index in [9.17, 15) is 24.9 Å². The summed E-state index contributed by atoms with van der Waals surface area (Å²) in [5, 5.41) is 39.5. The van der Waals surface area contributed by atoms with Crippen molar-refractivity contribution >= 4 is 35.2 Å². The van der Waals surface area contributed by atoms with Gasteiger partial charge in [-0.2, -0.15) is 0 Å². The lowest BCUT2D eigenvalue weighted by atomic mass is 9.92. The summed E-state index contributed by atoms with van der Waals surface area (Å²) in [6, 6.07) is 8.58. The first-order chi connectivity index (χ1) is 17.7. The number of aliphatic hydroxyl groups excluding tert-OH is 3. The molecule has 11 heteroatoms. The monoisotopic (exact) mass is 557 g/mol. The largest absolute Gasteiger partial charge is 0.388 e. The summed E-state index contributed by atoms with van der Waals surface area (Å²) < 4.78 is 5.83. The van der Waals surface area contributed by atoms with Gasteiger partial charge in [0.1, 0.15) is 29.9 Å². The molecule has 208 valence electrons. The lowest BCUT2D eigenvalue weighted by molar-refractivity contribution is -0.205. The molecule has 0 bridgehead atoms. The maximum Gasteiger partial charge on any atom is 0.237 e. The molecule has 1 aromatic carbocycles. The first kappa shape index (κ1) is 30.1. The van der Waals surface area contributed by atoms with E-state index in [0.29, 0.717) is 31.8 Å². The van der Waals surface area contributed by atoms with E-state index >= 15 is 0 Å². The molecular weight excluding hydrogens is 518 g/mol. The highest BCUT2D eigenvalue weighted by Crippen LogP contribution is 2.30. The Labute approximate surface area is 228 Å². The second kappa shape index (κ2) is 14.7. The van der Waals surface area contributed by atoms with Crippen molar-refractivity contribution in [3.63, 3.8) is 0 Å². The van der Waals surface area contributed by atoms with Crippen molar-refractivity contribution in [1.29, 1.82) is 0 Å². The third kappa shape index (κ3) is 8.54. The van der Waals surface area contributed by atoms with E-state index in [4.69, 9.17) is 16.3 Å². The van der Waals surface area contributed by atoms with Crippen LogP contribution >= 0.6 is 23.4 Å². The minimum absolute atomic E-state index is 0.0242. The van der Waals surface area contributed by atoms with E-state index < -0.39 is 47.3 Å². The van der Waals surface area contributed by atoms with E-state index in [1.165, 1.54) is 11.8 Å². The van der Waals surface area contributed by atoms with Crippen LogP contribution in [0.5, 0.6) is 0 Å². The summed E-state index contributed by atoms with van der Waals surface area (Å²) in [7, 11) is 0. The van der Waals surface area contributed by atoms with Gasteiger partial charge in [0.05, 0.1) is 17.5 Å². The van der Waals surface area contributed by atoms with Crippen LogP contribution in [0.3, 0.4) is 0 Å². The van der Waals surface area contributed by atoms with E-state index in [1.807, 2.05) is 30.3 Å². The number of hydrogen-bond donors (Lipinski definition) is 6. The first-order valence-corrected chi connectivity index (χ1v) is 14.6. The predicted molar refractivity (Wildman–Crippen MR) is 144 cm³/mol. The highest BCUT2D eigenvalue weighted by Gasteiger charge is 2.48. The molecule has 2 heterocycles. The molecule has 3 rings (SSSR count). The maximum atomic E-state index is 13.2. The molecule has 1 aromatic rings. The van der Waals surface area contributed by atoms with E-state index in [1.54, 1.807) is 13.2 Å². The van der Waals surface area contributed by atoms with Crippen LogP contribution in [0.15, 0.2) is 30.3 Å². The van der Waals surface area contributed by atoms with Gasteiger partial charge in [-0.05, 0) is 56.9 Å². The Bertz CT molecular complexity index is 864. The third-order valence-electron chi connectivity index (χ3n) is 7.23. The van der Waals surface area contributed by atoms with Gasteiger partial charge in [0, 0.05) is 13.0 Å². The number of carbonyl (C=O) groups excluding carboxylic acids is 2. The van der Waals surface area contributed by atoms with Crippen molar-refractivity contribution in [3.05, 3.63) is 35.9 Å². The zero-order valence-corrected chi connectivity index (χ0v) is 23.0. The van der Waals surface area contributed by atoms with Crippen LogP contribution in [-0.4, -0.2) is 87.2 Å². The molecule has 2 aliphatic heterocycles. The Hall–Kier alpha value is -1.40. The highest BCUT2D eigenvalue weighted by molar-refractivity contribution is 7.99. The molecule has 9 atom stereocenters. The number of alkyl halides is 1. The van der Waals surface area contributed by atoms with Crippen molar-refractivity contribution in [1.82, 2.24) is 16.0 Å². The van der Waals surface area contributed by atoms with E-state index in [-0.39, 0.29) is 11.8 Å². The molecule has 2 fully saturated rings. The van der Waals surface area contributed by atoms with Gasteiger partial charge in [-0.15, -0.1) is 23.4 Å². The van der Waals surface area contributed by atoms with Crippen LogP contribution in [0.25, 0.3) is 0 Å². The maximum absolute atomic E-state index is 13.2. The fraction of sp³-hybridized carbons (Fsp3) is 0.692. The number of hydrogen-bond acceptors (Lipinski definition) is 8. The van der Waals surface area contributed by atoms with E-state index in [2.05, 4.69) is 16.0 Å². The van der Waals surface area contributed by atoms with Crippen LogP contribution in [0.1, 0.15) is 44.6 Å². The van der Waals surface area contributed by atoms with Crippen LogP contribution in [0.2, 0.25) is 0 Å². The van der Waals surface area contributed by atoms with Crippen LogP contribution < -0.4 is 16.0 Å². The van der Waals surface area contributed by atoms with E-state index in [0.717, 1.165) is 24.8 Å². The second-order valence-electron chi connectivity index (χ2n) is 9.93. The summed E-state index contributed by atoms with van der Waals surface area (Å²) in [5.41, 5.74) is 0.314. The van der Waals surface area contributed by atoms with Crippen LogP contribution in [0, 0.1) is 5.92 Å². The molecule has 3 unspecified atom stereocenters. The molecule has 2 aliphatic rings. The van der Waals surface area contributed by atoms with Gasteiger partial charge in [-0.3, -0.25) is 9.59 Å². The lowest BCUT2D eigenvalue weighted by Crippen LogP contribution is -2.65. The van der Waals surface area contributed by atoms with Crippen molar-refractivity contribution in [3.8, 4) is 0 Å². The first-order valence-electron chi connectivity index (χ1n) is 12.9. The quantitative estimate of drug-likeness (QED) is 0.235. The lowest BCUT2D eigenvalue weighted by Gasteiger charge is -2.44. The van der Waals surface area contributed by atoms with Gasteiger partial charge in [0.25, 0.3) is 0 Å². The Kier molecular flexibility index (Phi) is 12.0. The minimum Gasteiger partial charge on any atom is -0.388 e. The molecule has 9 nitrogen and oxygen atoms in total. The smallest absolute Gasteiger partial charge is 0.237 e. The number of ether oxygens (including phenoxy) is 1. The van der Waals surface area contributed by atoms with Crippen LogP contribution in [0.4, 0.5) is 0 Å². The van der Waals surface area contributed by atoms with Crippen LogP contribution in [-0.2, 0) is 20.9 Å². The van der Waals surface area contributed by atoms with Gasteiger partial charge in [-0.25, -0.2) is 0 Å². The molecule has 0 radical (unpaired) electrons. The molecule has 6 N–H and O–H groups in total. The Balaban J connectivity index is 1.48. The summed E-state index contributed by atoms with van der Waals surface area (Å²) >= 11 is 7.59. The van der Waals surface area contributed by atoms with Gasteiger partial charge >= 0.3 is 0 Å². The molecule has 0 saturated carbocycles. The molecule has 0 aliphatic carbocycles. The van der Waals surface area contributed by atoms with Crippen molar-refractivity contribution in [2.24, 2.45) is 5.92 Å². The molecule has 2 amide bonds. The summed E-state index contributed by atoms with van der Waals surface area (Å²) in [4.78, 5) is 25.5.